The molecule has 2 heterocycles. The minimum Gasteiger partial charge on any atom is -0.493 e. The minimum absolute atomic E-state index is 0.133. The molecule has 1 fully saturated rings. The molecule has 2 atom stereocenters. The number of fused-ring (bicyclic) bond motifs is 1. The molecule has 0 bridgehead atoms. The molecule has 0 aromatic heterocycles. The van der Waals surface area contributed by atoms with Crippen molar-refractivity contribution in [1.29, 1.82) is 0 Å². The molecule has 2 unspecified atom stereocenters. The number of thioether (sulfide) groups is 1. The zero-order valence-electron chi connectivity index (χ0n) is 10.0. The van der Waals surface area contributed by atoms with Crippen LogP contribution in [0.1, 0.15) is 36.4 Å². The van der Waals surface area contributed by atoms with E-state index >= 15 is 0 Å². The molecular formula is C14H19NOS. The Morgan fingerprint density at radius 3 is 3.12 bits per heavy atom. The average Bonchev–Trinajstić information content (AvgIpc) is 2.87. The lowest BCUT2D eigenvalue weighted by Crippen LogP contribution is -2.26. The molecule has 0 amide bonds. The maximum atomic E-state index is 6.44. The second-order valence-corrected chi connectivity index (χ2v) is 6.21. The summed E-state index contributed by atoms with van der Waals surface area (Å²) in [6, 6.07) is 6.56. The van der Waals surface area contributed by atoms with E-state index in [2.05, 4.69) is 18.2 Å². The number of nitrogens with two attached hydrogens (primary N) is 1. The Bertz CT molecular complexity index is 401. The molecule has 3 rings (SSSR count). The normalized spacial score (nSPS) is 25.1. The van der Waals surface area contributed by atoms with Gasteiger partial charge in [0, 0.05) is 23.3 Å². The van der Waals surface area contributed by atoms with Crippen LogP contribution in [0.3, 0.4) is 0 Å². The molecule has 2 N–H and O–H groups in total. The molecule has 2 nitrogen and oxygen atoms in total. The Kier molecular flexibility index (Phi) is 3.30. The summed E-state index contributed by atoms with van der Waals surface area (Å²) in [6.07, 6.45) is 4.95. The third-order valence-electron chi connectivity index (χ3n) is 3.72. The van der Waals surface area contributed by atoms with Crippen LogP contribution < -0.4 is 10.5 Å². The first-order chi connectivity index (χ1) is 8.36. The van der Waals surface area contributed by atoms with Gasteiger partial charge in [-0.25, -0.2) is 0 Å². The van der Waals surface area contributed by atoms with Crippen molar-refractivity contribution in [3.05, 3.63) is 29.3 Å². The highest BCUT2D eigenvalue weighted by Crippen LogP contribution is 2.39. The van der Waals surface area contributed by atoms with Gasteiger partial charge in [-0.2, -0.15) is 11.8 Å². The highest BCUT2D eigenvalue weighted by atomic mass is 32.2. The maximum Gasteiger partial charge on any atom is 0.127 e. The van der Waals surface area contributed by atoms with Gasteiger partial charge in [-0.1, -0.05) is 24.6 Å². The second-order valence-electron chi connectivity index (χ2n) is 4.86. The van der Waals surface area contributed by atoms with Crippen LogP contribution in [0.15, 0.2) is 18.2 Å². The summed E-state index contributed by atoms with van der Waals surface area (Å²) in [5.41, 5.74) is 9.00. The smallest absolute Gasteiger partial charge is 0.127 e. The van der Waals surface area contributed by atoms with Gasteiger partial charge in [-0.15, -0.1) is 0 Å². The van der Waals surface area contributed by atoms with Gasteiger partial charge < -0.3 is 10.5 Å². The average molecular weight is 249 g/mol. The lowest BCUT2D eigenvalue weighted by molar-refractivity contribution is 0.350. The van der Waals surface area contributed by atoms with Crippen molar-refractivity contribution >= 4 is 11.8 Å². The number of hydrogen-bond acceptors (Lipinski definition) is 3. The third kappa shape index (κ3) is 2.18. The lowest BCUT2D eigenvalue weighted by Gasteiger charge is -2.28. The van der Waals surface area contributed by atoms with Crippen molar-refractivity contribution in [2.24, 2.45) is 5.73 Å². The molecule has 0 saturated carbocycles. The quantitative estimate of drug-likeness (QED) is 0.875. The monoisotopic (exact) mass is 249 g/mol. The van der Waals surface area contributed by atoms with Crippen molar-refractivity contribution in [3.63, 3.8) is 0 Å². The van der Waals surface area contributed by atoms with Crippen molar-refractivity contribution in [3.8, 4) is 5.75 Å². The van der Waals surface area contributed by atoms with E-state index in [4.69, 9.17) is 10.5 Å². The number of rotatable bonds is 2. The first-order valence-electron chi connectivity index (χ1n) is 6.48. The molecule has 1 saturated heterocycles. The summed E-state index contributed by atoms with van der Waals surface area (Å²) in [5.74, 6) is 2.33. The van der Waals surface area contributed by atoms with E-state index in [0.717, 1.165) is 18.8 Å². The zero-order valence-corrected chi connectivity index (χ0v) is 10.8. The summed E-state index contributed by atoms with van der Waals surface area (Å²) in [4.78, 5) is 0. The SMILES string of the molecule is NC(c1cccc2c1OCC2)C1CCCCS1. The number of para-hydroxylation sites is 1. The molecule has 2 aliphatic heterocycles. The van der Waals surface area contributed by atoms with Gasteiger partial charge in [0.1, 0.15) is 5.75 Å². The molecule has 1 aromatic carbocycles. The van der Waals surface area contributed by atoms with E-state index in [9.17, 15) is 0 Å². The van der Waals surface area contributed by atoms with Crippen LogP contribution in [0.4, 0.5) is 0 Å². The third-order valence-corrected chi connectivity index (χ3v) is 5.20. The van der Waals surface area contributed by atoms with E-state index < -0.39 is 0 Å². The van der Waals surface area contributed by atoms with Crippen molar-refractivity contribution < 1.29 is 4.74 Å². The molecule has 0 spiro atoms. The Morgan fingerprint density at radius 2 is 2.29 bits per heavy atom. The second kappa shape index (κ2) is 4.91. The predicted molar refractivity (Wildman–Crippen MR) is 72.7 cm³/mol. The summed E-state index contributed by atoms with van der Waals surface area (Å²) in [6.45, 7) is 0.816. The molecule has 0 radical (unpaired) electrons. The van der Waals surface area contributed by atoms with Crippen molar-refractivity contribution in [2.75, 3.05) is 12.4 Å². The molecule has 0 aliphatic carbocycles. The molecule has 1 aromatic rings. The predicted octanol–water partition coefficient (Wildman–Crippen LogP) is 2.91. The minimum atomic E-state index is 0.133. The van der Waals surface area contributed by atoms with Crippen molar-refractivity contribution in [2.45, 2.75) is 37.0 Å². The Morgan fingerprint density at radius 1 is 1.35 bits per heavy atom. The summed E-state index contributed by atoms with van der Waals surface area (Å²) < 4.78 is 5.75. The molecule has 3 heteroatoms. The summed E-state index contributed by atoms with van der Waals surface area (Å²) >= 11 is 2.03. The summed E-state index contributed by atoms with van der Waals surface area (Å²) in [5, 5.41) is 0.569. The van der Waals surface area contributed by atoms with Gasteiger partial charge in [0.05, 0.1) is 6.61 Å². The number of benzene rings is 1. The fourth-order valence-corrected chi connectivity index (χ4v) is 4.11. The topological polar surface area (TPSA) is 35.2 Å². The van der Waals surface area contributed by atoms with Gasteiger partial charge in [0.15, 0.2) is 0 Å². The molecule has 92 valence electrons. The van der Waals surface area contributed by atoms with Gasteiger partial charge in [-0.05, 0) is 24.2 Å². The number of hydrogen-bond donors (Lipinski definition) is 1. The van der Waals surface area contributed by atoms with Gasteiger partial charge in [0.2, 0.25) is 0 Å². The Labute approximate surface area is 107 Å². The highest BCUT2D eigenvalue weighted by molar-refractivity contribution is 8.00. The lowest BCUT2D eigenvalue weighted by atomic mass is 9.97. The van der Waals surface area contributed by atoms with Crippen molar-refractivity contribution in [1.82, 2.24) is 0 Å². The van der Waals surface area contributed by atoms with Crippen LogP contribution in [0.5, 0.6) is 5.75 Å². The van der Waals surface area contributed by atoms with Crippen LogP contribution in [-0.2, 0) is 6.42 Å². The van der Waals surface area contributed by atoms with E-state index in [-0.39, 0.29) is 6.04 Å². The zero-order chi connectivity index (χ0) is 11.7. The van der Waals surface area contributed by atoms with Crippen LogP contribution in [-0.4, -0.2) is 17.6 Å². The molecular weight excluding hydrogens is 230 g/mol. The largest absolute Gasteiger partial charge is 0.493 e. The molecule has 17 heavy (non-hydrogen) atoms. The van der Waals surface area contributed by atoms with Gasteiger partial charge >= 0.3 is 0 Å². The standard InChI is InChI=1S/C14H19NOS/c15-13(12-6-1-2-9-17-12)11-5-3-4-10-7-8-16-14(10)11/h3-5,12-13H,1-2,6-9,15H2. The van der Waals surface area contributed by atoms with Crippen LogP contribution in [0, 0.1) is 0 Å². The fraction of sp³-hybridized carbons (Fsp3) is 0.571. The Balaban J connectivity index is 1.85. The highest BCUT2D eigenvalue weighted by Gasteiger charge is 2.27. The van der Waals surface area contributed by atoms with Crippen LogP contribution in [0.2, 0.25) is 0 Å². The first-order valence-corrected chi connectivity index (χ1v) is 7.53. The van der Waals surface area contributed by atoms with Gasteiger partial charge in [-0.3, -0.25) is 0 Å². The maximum absolute atomic E-state index is 6.44. The Hall–Kier alpha value is -0.670. The van der Waals surface area contributed by atoms with Gasteiger partial charge in [0.25, 0.3) is 0 Å². The number of ether oxygens (including phenoxy) is 1. The first kappa shape index (κ1) is 11.4. The fourth-order valence-electron chi connectivity index (χ4n) is 2.75. The van der Waals surface area contributed by atoms with E-state index in [0.29, 0.717) is 5.25 Å². The molecule has 2 aliphatic rings. The van der Waals surface area contributed by atoms with Crippen LogP contribution in [0.25, 0.3) is 0 Å². The van der Waals surface area contributed by atoms with E-state index in [1.54, 1.807) is 0 Å². The van der Waals surface area contributed by atoms with E-state index in [1.807, 2.05) is 11.8 Å². The van der Waals surface area contributed by atoms with Crippen LogP contribution >= 0.6 is 11.8 Å². The summed E-state index contributed by atoms with van der Waals surface area (Å²) in [7, 11) is 0. The van der Waals surface area contributed by atoms with E-state index in [1.165, 1.54) is 36.1 Å².